The van der Waals surface area contributed by atoms with Gasteiger partial charge in [-0.05, 0) is 19.1 Å². The Morgan fingerprint density at radius 2 is 2.25 bits per heavy atom. The Labute approximate surface area is 137 Å². The van der Waals surface area contributed by atoms with Crippen LogP contribution in [-0.2, 0) is 11.2 Å². The van der Waals surface area contributed by atoms with Gasteiger partial charge in [0.2, 0.25) is 11.2 Å². The number of carbonyl (C=O) groups excluding carboxylic acids is 1. The number of aromatic nitrogens is 3. The topological polar surface area (TPSA) is 98.7 Å². The molecule has 0 unspecified atom stereocenters. The smallest absolute Gasteiger partial charge is 0.257 e. The lowest BCUT2D eigenvalue weighted by Crippen LogP contribution is -2.31. The molecule has 0 bridgehead atoms. The largest absolute Gasteiger partial charge is 0.477 e. The van der Waals surface area contributed by atoms with E-state index in [2.05, 4.69) is 15.5 Å². The number of rotatable bonds is 6. The monoisotopic (exact) mass is 328 g/mol. The van der Waals surface area contributed by atoms with Gasteiger partial charge in [0.15, 0.2) is 12.3 Å². The van der Waals surface area contributed by atoms with Gasteiger partial charge in [-0.1, -0.05) is 6.07 Å². The lowest BCUT2D eigenvalue weighted by Gasteiger charge is -2.06. The highest BCUT2D eigenvalue weighted by molar-refractivity contribution is 5.77. The fourth-order valence-electron chi connectivity index (χ4n) is 2.17. The summed E-state index contributed by atoms with van der Waals surface area (Å²) >= 11 is 0. The maximum Gasteiger partial charge on any atom is 0.257 e. The van der Waals surface area contributed by atoms with E-state index in [-0.39, 0.29) is 23.7 Å². The Bertz CT molecular complexity index is 916. The second-order valence-corrected chi connectivity index (χ2v) is 5.15. The number of pyridine rings is 1. The summed E-state index contributed by atoms with van der Waals surface area (Å²) in [5.41, 5.74) is 0.440. The molecule has 3 aromatic heterocycles. The van der Waals surface area contributed by atoms with E-state index < -0.39 is 0 Å². The fraction of sp³-hybridized carbons (Fsp3) is 0.250. The zero-order valence-electron chi connectivity index (χ0n) is 13.1. The Balaban J connectivity index is 1.48. The molecule has 0 aliphatic carbocycles. The molecule has 8 nitrogen and oxygen atoms in total. The SMILES string of the molecule is Cc1cc(=O)c(OCC(=O)NCCc2nnc3ccccn23)co1. The minimum absolute atomic E-state index is 0.0131. The summed E-state index contributed by atoms with van der Waals surface area (Å²) in [4.78, 5) is 23.4. The molecule has 3 aromatic rings. The number of hydrogen-bond donors (Lipinski definition) is 1. The van der Waals surface area contributed by atoms with E-state index in [0.717, 1.165) is 11.5 Å². The third kappa shape index (κ3) is 3.60. The molecular weight excluding hydrogens is 312 g/mol. The molecule has 1 N–H and O–H groups in total. The molecule has 0 aliphatic rings. The van der Waals surface area contributed by atoms with Crippen LogP contribution in [0.4, 0.5) is 0 Å². The number of nitrogens with one attached hydrogen (secondary N) is 1. The van der Waals surface area contributed by atoms with Crippen LogP contribution < -0.4 is 15.5 Å². The molecule has 24 heavy (non-hydrogen) atoms. The number of fused-ring (bicyclic) bond motifs is 1. The van der Waals surface area contributed by atoms with Gasteiger partial charge in [-0.25, -0.2) is 0 Å². The van der Waals surface area contributed by atoms with Crippen LogP contribution in [0, 0.1) is 6.92 Å². The summed E-state index contributed by atoms with van der Waals surface area (Å²) < 4.78 is 12.1. The molecule has 3 heterocycles. The quantitative estimate of drug-likeness (QED) is 0.716. The van der Waals surface area contributed by atoms with E-state index in [9.17, 15) is 9.59 Å². The van der Waals surface area contributed by atoms with Crippen molar-refractivity contribution in [1.82, 2.24) is 19.9 Å². The molecule has 0 atom stereocenters. The number of carbonyl (C=O) groups is 1. The highest BCUT2D eigenvalue weighted by atomic mass is 16.5. The zero-order valence-corrected chi connectivity index (χ0v) is 13.1. The minimum atomic E-state index is -0.330. The van der Waals surface area contributed by atoms with Crippen LogP contribution in [0.3, 0.4) is 0 Å². The average Bonchev–Trinajstić information content (AvgIpc) is 2.97. The summed E-state index contributed by atoms with van der Waals surface area (Å²) in [5, 5.41) is 10.8. The maximum atomic E-state index is 11.8. The van der Waals surface area contributed by atoms with Crippen LogP contribution in [0.1, 0.15) is 11.6 Å². The van der Waals surface area contributed by atoms with Crippen LogP contribution in [0.2, 0.25) is 0 Å². The molecule has 0 radical (unpaired) electrons. The Hall–Kier alpha value is -3.16. The Morgan fingerprint density at radius 1 is 1.38 bits per heavy atom. The van der Waals surface area contributed by atoms with Crippen molar-refractivity contribution in [3.05, 3.63) is 58.5 Å². The summed E-state index contributed by atoms with van der Waals surface area (Å²) in [6.45, 7) is 1.79. The van der Waals surface area contributed by atoms with E-state index in [0.29, 0.717) is 18.7 Å². The molecule has 0 spiro atoms. The normalized spacial score (nSPS) is 10.7. The van der Waals surface area contributed by atoms with Crippen molar-refractivity contribution in [1.29, 1.82) is 0 Å². The van der Waals surface area contributed by atoms with Crippen molar-refractivity contribution in [2.24, 2.45) is 0 Å². The van der Waals surface area contributed by atoms with E-state index in [1.807, 2.05) is 28.8 Å². The first kappa shape index (κ1) is 15.7. The predicted molar refractivity (Wildman–Crippen MR) is 84.9 cm³/mol. The van der Waals surface area contributed by atoms with Crippen molar-refractivity contribution < 1.29 is 13.9 Å². The van der Waals surface area contributed by atoms with Gasteiger partial charge in [-0.15, -0.1) is 10.2 Å². The van der Waals surface area contributed by atoms with Gasteiger partial charge in [0, 0.05) is 25.2 Å². The second-order valence-electron chi connectivity index (χ2n) is 5.15. The van der Waals surface area contributed by atoms with Crippen molar-refractivity contribution in [3.63, 3.8) is 0 Å². The summed E-state index contributed by atoms with van der Waals surface area (Å²) in [5.74, 6) is 0.923. The predicted octanol–water partition coefficient (Wildman–Crippen LogP) is 0.729. The van der Waals surface area contributed by atoms with Crippen molar-refractivity contribution >= 4 is 11.6 Å². The van der Waals surface area contributed by atoms with Gasteiger partial charge in [-0.2, -0.15) is 0 Å². The van der Waals surface area contributed by atoms with E-state index in [1.54, 1.807) is 6.92 Å². The van der Waals surface area contributed by atoms with Crippen LogP contribution in [0.5, 0.6) is 5.75 Å². The Kier molecular flexibility index (Phi) is 4.55. The van der Waals surface area contributed by atoms with E-state index in [1.165, 1.54) is 12.3 Å². The van der Waals surface area contributed by atoms with Gasteiger partial charge in [-0.3, -0.25) is 14.0 Å². The van der Waals surface area contributed by atoms with Crippen LogP contribution in [0.25, 0.3) is 5.65 Å². The number of ether oxygens (including phenoxy) is 1. The first-order valence-electron chi connectivity index (χ1n) is 7.41. The molecule has 8 heteroatoms. The van der Waals surface area contributed by atoms with Gasteiger partial charge < -0.3 is 14.5 Å². The third-order valence-electron chi connectivity index (χ3n) is 3.34. The second kappa shape index (κ2) is 6.95. The maximum absolute atomic E-state index is 11.8. The molecule has 0 saturated heterocycles. The fourth-order valence-corrected chi connectivity index (χ4v) is 2.17. The van der Waals surface area contributed by atoms with Gasteiger partial charge in [0.1, 0.15) is 17.8 Å². The van der Waals surface area contributed by atoms with Gasteiger partial charge in [0.05, 0.1) is 0 Å². The Morgan fingerprint density at radius 3 is 3.08 bits per heavy atom. The number of aryl methyl sites for hydroxylation is 1. The van der Waals surface area contributed by atoms with Crippen LogP contribution in [-0.4, -0.2) is 33.7 Å². The zero-order chi connectivity index (χ0) is 16.9. The molecule has 1 amide bonds. The lowest BCUT2D eigenvalue weighted by atomic mass is 10.4. The molecule has 0 aromatic carbocycles. The third-order valence-corrected chi connectivity index (χ3v) is 3.34. The summed E-state index contributed by atoms with van der Waals surface area (Å²) in [6, 6.07) is 6.94. The summed E-state index contributed by atoms with van der Waals surface area (Å²) in [7, 11) is 0. The van der Waals surface area contributed by atoms with Gasteiger partial charge >= 0.3 is 0 Å². The van der Waals surface area contributed by atoms with Crippen molar-refractivity contribution in [3.8, 4) is 5.75 Å². The lowest BCUT2D eigenvalue weighted by molar-refractivity contribution is -0.123. The molecule has 3 rings (SSSR count). The van der Waals surface area contributed by atoms with Crippen molar-refractivity contribution in [2.75, 3.05) is 13.2 Å². The molecule has 0 saturated carbocycles. The highest BCUT2D eigenvalue weighted by Crippen LogP contribution is 2.05. The number of nitrogens with zero attached hydrogens (tertiary/aromatic N) is 3. The minimum Gasteiger partial charge on any atom is -0.477 e. The molecular formula is C16H16N4O4. The summed E-state index contributed by atoms with van der Waals surface area (Å²) in [6.07, 6.45) is 3.60. The van der Waals surface area contributed by atoms with Gasteiger partial charge in [0.25, 0.3) is 5.91 Å². The molecule has 124 valence electrons. The molecule has 0 aliphatic heterocycles. The van der Waals surface area contributed by atoms with E-state index >= 15 is 0 Å². The van der Waals surface area contributed by atoms with Crippen molar-refractivity contribution in [2.45, 2.75) is 13.3 Å². The average molecular weight is 328 g/mol. The first-order chi connectivity index (χ1) is 11.6. The van der Waals surface area contributed by atoms with E-state index in [4.69, 9.17) is 9.15 Å². The number of amides is 1. The number of hydrogen-bond acceptors (Lipinski definition) is 6. The van der Waals surface area contributed by atoms with Crippen LogP contribution >= 0.6 is 0 Å². The highest BCUT2D eigenvalue weighted by Gasteiger charge is 2.08. The standard InChI is InChI=1S/C16H16N4O4/c1-11-8-12(21)13(9-23-11)24-10-16(22)17-6-5-15-19-18-14-4-2-3-7-20(14)15/h2-4,7-9H,5-6,10H2,1H3,(H,17,22). The molecule has 0 fully saturated rings. The first-order valence-corrected chi connectivity index (χ1v) is 7.41. The van der Waals surface area contributed by atoms with Crippen LogP contribution in [0.15, 0.2) is 45.9 Å².